The Labute approximate surface area is 89.3 Å². The normalized spacial score (nSPS) is 10.9. The van der Waals surface area contributed by atoms with Gasteiger partial charge in [-0.2, -0.15) is 0 Å². The van der Waals surface area contributed by atoms with Crippen molar-refractivity contribution in [2.45, 2.75) is 6.92 Å². The van der Waals surface area contributed by atoms with Crippen molar-refractivity contribution >= 4 is 12.0 Å². The topological polar surface area (TPSA) is 35.5 Å². The first-order valence-electron chi connectivity index (χ1n) is 4.75. The van der Waals surface area contributed by atoms with Gasteiger partial charge < -0.3 is 9.47 Å². The smallest absolute Gasteiger partial charge is 0.373 e. The van der Waals surface area contributed by atoms with Crippen LogP contribution in [0.15, 0.2) is 36.1 Å². The molecule has 1 aromatic carbocycles. The lowest BCUT2D eigenvalue weighted by atomic mass is 10.2. The minimum atomic E-state index is -0.458. The summed E-state index contributed by atoms with van der Waals surface area (Å²) in [5.41, 5.74) is 0.909. The van der Waals surface area contributed by atoms with Crippen molar-refractivity contribution in [3.8, 4) is 0 Å². The Morgan fingerprint density at radius 2 is 2.00 bits per heavy atom. The molecule has 0 spiro atoms. The molecule has 0 aromatic heterocycles. The van der Waals surface area contributed by atoms with E-state index in [9.17, 15) is 4.79 Å². The summed E-state index contributed by atoms with van der Waals surface area (Å²) in [7, 11) is 1.33. The molecule has 1 rings (SSSR count). The summed E-state index contributed by atoms with van der Waals surface area (Å²) >= 11 is 0. The van der Waals surface area contributed by atoms with Gasteiger partial charge in [0.1, 0.15) is 0 Å². The Bertz CT molecular complexity index is 341. The van der Waals surface area contributed by atoms with Crippen LogP contribution in [-0.4, -0.2) is 19.7 Å². The van der Waals surface area contributed by atoms with Crippen molar-refractivity contribution in [1.82, 2.24) is 0 Å². The lowest BCUT2D eigenvalue weighted by Gasteiger charge is -2.05. The summed E-state index contributed by atoms with van der Waals surface area (Å²) < 4.78 is 9.79. The zero-order valence-corrected chi connectivity index (χ0v) is 8.90. The molecule has 0 amide bonds. The van der Waals surface area contributed by atoms with Gasteiger partial charge in [0.15, 0.2) is 0 Å². The highest BCUT2D eigenvalue weighted by Crippen LogP contribution is 2.09. The molecular formula is C12H14O3. The zero-order valence-electron chi connectivity index (χ0n) is 8.90. The van der Waals surface area contributed by atoms with Crippen molar-refractivity contribution in [2.24, 2.45) is 0 Å². The monoisotopic (exact) mass is 206 g/mol. The highest BCUT2D eigenvalue weighted by molar-refractivity contribution is 5.91. The Morgan fingerprint density at radius 1 is 1.33 bits per heavy atom. The number of methoxy groups -OCH3 is 1. The minimum absolute atomic E-state index is 0.228. The number of benzene rings is 1. The first-order valence-corrected chi connectivity index (χ1v) is 4.75. The largest absolute Gasteiger partial charge is 0.487 e. The summed E-state index contributed by atoms with van der Waals surface area (Å²) in [6.45, 7) is 2.26. The predicted octanol–water partition coefficient (Wildman–Crippen LogP) is 2.24. The van der Waals surface area contributed by atoms with E-state index in [2.05, 4.69) is 4.74 Å². The SMILES string of the molecule is CCOC(=Cc1ccccc1)C(=O)OC. The van der Waals surface area contributed by atoms with Crippen LogP contribution >= 0.6 is 0 Å². The van der Waals surface area contributed by atoms with Crippen LogP contribution < -0.4 is 0 Å². The highest BCUT2D eigenvalue weighted by atomic mass is 16.6. The lowest BCUT2D eigenvalue weighted by Crippen LogP contribution is -2.07. The molecule has 0 heterocycles. The molecule has 0 unspecified atom stereocenters. The van der Waals surface area contributed by atoms with Gasteiger partial charge in [0.25, 0.3) is 0 Å². The van der Waals surface area contributed by atoms with Gasteiger partial charge in [-0.05, 0) is 18.6 Å². The molecule has 0 aliphatic carbocycles. The van der Waals surface area contributed by atoms with Crippen molar-refractivity contribution < 1.29 is 14.3 Å². The van der Waals surface area contributed by atoms with Gasteiger partial charge in [0.2, 0.25) is 5.76 Å². The highest BCUT2D eigenvalue weighted by Gasteiger charge is 2.09. The number of rotatable bonds is 4. The van der Waals surface area contributed by atoms with Crippen molar-refractivity contribution in [3.05, 3.63) is 41.7 Å². The molecule has 0 aliphatic rings. The average Bonchev–Trinajstić information content (AvgIpc) is 2.29. The second-order valence-corrected chi connectivity index (χ2v) is 2.84. The second-order valence-electron chi connectivity index (χ2n) is 2.84. The standard InChI is InChI=1S/C12H14O3/c1-3-15-11(12(13)14-2)9-10-7-5-4-6-8-10/h4-9H,3H2,1-2H3. The molecule has 0 bridgehead atoms. The summed E-state index contributed by atoms with van der Waals surface area (Å²) in [6, 6.07) is 9.49. The van der Waals surface area contributed by atoms with Gasteiger partial charge in [0.05, 0.1) is 13.7 Å². The van der Waals surface area contributed by atoms with Crippen molar-refractivity contribution in [3.63, 3.8) is 0 Å². The molecule has 0 saturated carbocycles. The molecule has 0 fully saturated rings. The number of hydrogen-bond donors (Lipinski definition) is 0. The van der Waals surface area contributed by atoms with Crippen LogP contribution in [0.25, 0.3) is 6.08 Å². The van der Waals surface area contributed by atoms with Gasteiger partial charge in [-0.1, -0.05) is 30.3 Å². The molecule has 15 heavy (non-hydrogen) atoms. The number of carbonyl (C=O) groups is 1. The Kier molecular flexibility index (Phi) is 4.41. The summed E-state index contributed by atoms with van der Waals surface area (Å²) in [4.78, 5) is 11.3. The molecule has 3 nitrogen and oxygen atoms in total. The number of esters is 1. The third-order valence-corrected chi connectivity index (χ3v) is 1.78. The van der Waals surface area contributed by atoms with Gasteiger partial charge in [-0.3, -0.25) is 0 Å². The molecule has 80 valence electrons. The van der Waals surface area contributed by atoms with E-state index < -0.39 is 5.97 Å². The molecule has 1 aromatic rings. The molecule has 0 aliphatic heterocycles. The van der Waals surface area contributed by atoms with Crippen LogP contribution in [-0.2, 0) is 14.3 Å². The van der Waals surface area contributed by atoms with E-state index in [0.29, 0.717) is 6.61 Å². The number of hydrogen-bond acceptors (Lipinski definition) is 3. The maximum atomic E-state index is 11.3. The minimum Gasteiger partial charge on any atom is -0.487 e. The van der Waals surface area contributed by atoms with Crippen LogP contribution in [0.4, 0.5) is 0 Å². The Hall–Kier alpha value is -1.77. The second kappa shape index (κ2) is 5.86. The summed E-state index contributed by atoms with van der Waals surface area (Å²) in [6.07, 6.45) is 1.66. The molecule has 0 saturated heterocycles. The number of ether oxygens (including phenoxy) is 2. The van der Waals surface area contributed by atoms with Gasteiger partial charge in [-0.15, -0.1) is 0 Å². The van der Waals surface area contributed by atoms with Crippen LogP contribution in [0.5, 0.6) is 0 Å². The summed E-state index contributed by atoms with van der Waals surface area (Å²) in [5.74, 6) is -0.230. The predicted molar refractivity (Wildman–Crippen MR) is 58.1 cm³/mol. The van der Waals surface area contributed by atoms with E-state index in [1.54, 1.807) is 6.08 Å². The molecule has 0 radical (unpaired) electrons. The fourth-order valence-corrected chi connectivity index (χ4v) is 1.12. The van der Waals surface area contributed by atoms with Crippen molar-refractivity contribution in [1.29, 1.82) is 0 Å². The molecule has 3 heteroatoms. The lowest BCUT2D eigenvalue weighted by molar-refractivity contribution is -0.139. The van der Waals surface area contributed by atoms with Crippen LogP contribution in [0.3, 0.4) is 0 Å². The fraction of sp³-hybridized carbons (Fsp3) is 0.250. The number of carbonyl (C=O) groups excluding carboxylic acids is 1. The maximum Gasteiger partial charge on any atom is 0.373 e. The Morgan fingerprint density at radius 3 is 2.53 bits per heavy atom. The molecule has 0 N–H and O–H groups in total. The Balaban J connectivity index is 2.88. The van der Waals surface area contributed by atoms with E-state index in [4.69, 9.17) is 4.74 Å². The van der Waals surface area contributed by atoms with E-state index in [0.717, 1.165) is 5.56 Å². The maximum absolute atomic E-state index is 11.3. The van der Waals surface area contributed by atoms with Crippen molar-refractivity contribution in [2.75, 3.05) is 13.7 Å². The van der Waals surface area contributed by atoms with Crippen LogP contribution in [0.1, 0.15) is 12.5 Å². The third-order valence-electron chi connectivity index (χ3n) is 1.78. The van der Waals surface area contributed by atoms with Gasteiger partial charge in [0, 0.05) is 0 Å². The van der Waals surface area contributed by atoms with E-state index >= 15 is 0 Å². The molecule has 0 atom stereocenters. The quantitative estimate of drug-likeness (QED) is 0.430. The van der Waals surface area contributed by atoms with E-state index in [-0.39, 0.29) is 5.76 Å². The first-order chi connectivity index (χ1) is 7.27. The third kappa shape index (κ3) is 3.46. The first kappa shape index (κ1) is 11.3. The van der Waals surface area contributed by atoms with E-state index in [1.165, 1.54) is 7.11 Å². The fourth-order valence-electron chi connectivity index (χ4n) is 1.12. The zero-order chi connectivity index (χ0) is 11.1. The van der Waals surface area contributed by atoms with Gasteiger partial charge >= 0.3 is 5.97 Å². The van der Waals surface area contributed by atoms with Crippen LogP contribution in [0.2, 0.25) is 0 Å². The molecular weight excluding hydrogens is 192 g/mol. The average molecular weight is 206 g/mol. The van der Waals surface area contributed by atoms with Gasteiger partial charge in [-0.25, -0.2) is 4.79 Å². The summed E-state index contributed by atoms with van der Waals surface area (Å²) in [5, 5.41) is 0. The van der Waals surface area contributed by atoms with Crippen LogP contribution in [0, 0.1) is 0 Å². The van der Waals surface area contributed by atoms with E-state index in [1.807, 2.05) is 37.3 Å².